The first kappa shape index (κ1) is 40.1. The van der Waals surface area contributed by atoms with Gasteiger partial charge in [0.1, 0.15) is 22.4 Å². The van der Waals surface area contributed by atoms with E-state index in [0.29, 0.717) is 37.7 Å². The molecule has 4 aromatic carbocycles. The van der Waals surface area contributed by atoms with Crippen molar-refractivity contribution in [2.75, 3.05) is 0 Å². The molecule has 0 aliphatic heterocycles. The van der Waals surface area contributed by atoms with Crippen LogP contribution < -0.4 is 18.9 Å². The largest absolute Gasteiger partial charge is 0.484 e. The van der Waals surface area contributed by atoms with Gasteiger partial charge in [0.15, 0.2) is 23.0 Å². The number of rotatable bonds is 10. The summed E-state index contributed by atoms with van der Waals surface area (Å²) in [7, 11) is -7.48. The fourth-order valence-electron chi connectivity index (χ4n) is 5.18. The van der Waals surface area contributed by atoms with Crippen LogP contribution in [0.1, 0.15) is 94.2 Å². The zero-order chi connectivity index (χ0) is 38.2. The van der Waals surface area contributed by atoms with E-state index in [9.17, 15) is 8.42 Å². The molecule has 51 heavy (non-hydrogen) atoms. The van der Waals surface area contributed by atoms with Crippen LogP contribution in [0.25, 0.3) is 0 Å². The van der Waals surface area contributed by atoms with Crippen molar-refractivity contribution in [2.45, 2.75) is 139 Å². The van der Waals surface area contributed by atoms with Gasteiger partial charge in [-0.1, -0.05) is 29.8 Å². The molecule has 0 unspecified atom stereocenters. The van der Waals surface area contributed by atoms with Crippen LogP contribution in [-0.2, 0) is 13.7 Å². The van der Waals surface area contributed by atoms with E-state index in [1.165, 1.54) is 0 Å². The third-order valence-electron chi connectivity index (χ3n) is 6.98. The topological polar surface area (TPSA) is 80.3 Å². The van der Waals surface area contributed by atoms with Gasteiger partial charge in [-0.2, -0.15) is 8.42 Å². The van der Waals surface area contributed by atoms with Gasteiger partial charge in [-0.05, 0) is 173 Å². The average molecular weight is 737 g/mol. The van der Waals surface area contributed by atoms with Gasteiger partial charge in [-0.15, -0.1) is 0 Å². The summed E-state index contributed by atoms with van der Waals surface area (Å²) in [5.41, 5.74) is -0.354. The van der Waals surface area contributed by atoms with Crippen molar-refractivity contribution in [2.24, 2.45) is 0 Å². The molecule has 0 aliphatic carbocycles. The summed E-state index contributed by atoms with van der Waals surface area (Å²) in [6, 6.07) is 25.6. The molecule has 0 fully saturated rings. The molecule has 0 bridgehead atoms. The maximum absolute atomic E-state index is 14.6. The third-order valence-corrected chi connectivity index (χ3v) is 12.1. The summed E-state index contributed by atoms with van der Waals surface area (Å²) in [5, 5.41) is 0. The summed E-state index contributed by atoms with van der Waals surface area (Å²) in [5.74, 6) is 2.00. The van der Waals surface area contributed by atoms with Crippen LogP contribution in [-0.4, -0.2) is 30.8 Å². The Morgan fingerprint density at radius 1 is 0.412 bits per heavy atom. The van der Waals surface area contributed by atoms with Gasteiger partial charge in [0.05, 0.1) is 4.90 Å². The fraction of sp³-hybridized carbons (Fsp3) is 0.429. The van der Waals surface area contributed by atoms with Gasteiger partial charge in [0.2, 0.25) is 0 Å². The molecule has 4 rings (SSSR count). The minimum absolute atomic E-state index is 0.0512. The Kier molecular flexibility index (Phi) is 11.3. The Morgan fingerprint density at radius 3 is 1.18 bits per heavy atom. The van der Waals surface area contributed by atoms with Crippen molar-refractivity contribution in [1.82, 2.24) is 0 Å². The van der Waals surface area contributed by atoms with Crippen LogP contribution in [0, 0.1) is 13.8 Å². The highest BCUT2D eigenvalue weighted by atomic mass is 32.3. The number of hydrogen-bond donors (Lipinski definition) is 0. The highest BCUT2D eigenvalue weighted by Crippen LogP contribution is 2.71. The summed E-state index contributed by atoms with van der Waals surface area (Å²) < 4.78 is 61.8. The molecule has 0 atom stereocenters. The lowest BCUT2D eigenvalue weighted by atomic mass is 10.1. The number of benzene rings is 4. The maximum atomic E-state index is 14.6. The first-order valence-electron chi connectivity index (χ1n) is 17.2. The summed E-state index contributed by atoms with van der Waals surface area (Å²) in [4.78, 5) is 1.91. The van der Waals surface area contributed by atoms with E-state index in [4.69, 9.17) is 22.6 Å². The molecular formula is C42H56O7S2. The molecule has 0 heterocycles. The van der Waals surface area contributed by atoms with Crippen molar-refractivity contribution in [1.29, 1.82) is 0 Å². The van der Waals surface area contributed by atoms with Crippen molar-refractivity contribution in [3.05, 3.63) is 96.1 Å². The predicted molar refractivity (Wildman–Crippen MR) is 207 cm³/mol. The monoisotopic (exact) mass is 736 g/mol. The van der Waals surface area contributed by atoms with Gasteiger partial charge < -0.3 is 18.9 Å². The van der Waals surface area contributed by atoms with Crippen LogP contribution in [0.3, 0.4) is 0 Å². The average Bonchev–Trinajstić information content (AvgIpc) is 2.95. The Balaban J connectivity index is 2.18. The highest BCUT2D eigenvalue weighted by molar-refractivity contribution is 8.33. The highest BCUT2D eigenvalue weighted by Gasteiger charge is 2.40. The van der Waals surface area contributed by atoms with Gasteiger partial charge in [0, 0.05) is 14.7 Å². The summed E-state index contributed by atoms with van der Waals surface area (Å²) in [6.45, 7) is 27.5. The molecule has 0 aliphatic rings. The van der Waals surface area contributed by atoms with E-state index in [2.05, 4.69) is 0 Å². The lowest BCUT2D eigenvalue weighted by molar-refractivity contribution is 0.0953. The molecule has 0 spiro atoms. The molecule has 0 aromatic heterocycles. The Labute approximate surface area is 308 Å². The molecule has 0 saturated heterocycles. The van der Waals surface area contributed by atoms with E-state index in [1.54, 1.807) is 24.3 Å². The molecule has 4 aromatic rings. The zero-order valence-electron chi connectivity index (χ0n) is 32.8. The van der Waals surface area contributed by atoms with E-state index < -0.39 is 42.8 Å². The van der Waals surface area contributed by atoms with Crippen molar-refractivity contribution >= 4 is 20.4 Å². The SMILES string of the molecule is Cc1ccc(S(=O)(=O)OS(c2cccc(C)c2)(c2ccc(OC(C)(C)C)c(OC(C)(C)C)c2)c2ccc(OC(C)(C)C)c(OC(C)(C)C)c2)cc1. The van der Waals surface area contributed by atoms with Gasteiger partial charge in [-0.3, -0.25) is 0 Å². The Bertz CT molecular complexity index is 1860. The molecule has 0 saturated carbocycles. The van der Waals surface area contributed by atoms with Crippen LogP contribution in [0.4, 0.5) is 0 Å². The van der Waals surface area contributed by atoms with Crippen LogP contribution in [0.5, 0.6) is 23.0 Å². The lowest BCUT2D eigenvalue weighted by Crippen LogP contribution is -2.27. The third kappa shape index (κ3) is 10.7. The minimum Gasteiger partial charge on any atom is -0.484 e. The van der Waals surface area contributed by atoms with Crippen molar-refractivity contribution in [3.63, 3.8) is 0 Å². The predicted octanol–water partition coefficient (Wildman–Crippen LogP) is 11.6. The van der Waals surface area contributed by atoms with Crippen LogP contribution in [0.15, 0.2) is 105 Å². The molecule has 0 amide bonds. The Hall–Kier alpha value is -3.66. The van der Waals surface area contributed by atoms with Crippen molar-refractivity contribution in [3.8, 4) is 23.0 Å². The van der Waals surface area contributed by atoms with Gasteiger partial charge in [-0.25, -0.2) is 3.63 Å². The second-order valence-electron chi connectivity index (χ2n) is 16.8. The molecule has 0 N–H and O–H groups in total. The lowest BCUT2D eigenvalue weighted by Gasteiger charge is -2.40. The van der Waals surface area contributed by atoms with E-state index in [1.807, 2.05) is 158 Å². The number of aryl methyl sites for hydroxylation is 2. The summed E-state index contributed by atoms with van der Waals surface area (Å²) in [6.07, 6.45) is 0. The van der Waals surface area contributed by atoms with Crippen LogP contribution in [0.2, 0.25) is 0 Å². The maximum Gasteiger partial charge on any atom is 0.307 e. The summed E-state index contributed by atoms with van der Waals surface area (Å²) >= 11 is 0. The molecule has 7 nitrogen and oxygen atoms in total. The first-order chi connectivity index (χ1) is 23.3. The first-order valence-corrected chi connectivity index (χ1v) is 20.2. The van der Waals surface area contributed by atoms with E-state index >= 15 is 0 Å². The molecule has 9 heteroatoms. The fourth-order valence-corrected chi connectivity index (χ4v) is 10.5. The minimum atomic E-state index is -4.37. The van der Waals surface area contributed by atoms with E-state index in [0.717, 1.165) is 11.1 Å². The van der Waals surface area contributed by atoms with Crippen LogP contribution >= 0.6 is 10.3 Å². The van der Waals surface area contributed by atoms with E-state index in [-0.39, 0.29) is 4.90 Å². The number of hydrogen-bond acceptors (Lipinski definition) is 7. The second-order valence-corrected chi connectivity index (χ2v) is 21.2. The second kappa shape index (κ2) is 14.4. The molecular weight excluding hydrogens is 681 g/mol. The molecule has 0 radical (unpaired) electrons. The Morgan fingerprint density at radius 2 is 0.784 bits per heavy atom. The van der Waals surface area contributed by atoms with Crippen molar-refractivity contribution < 1.29 is 31.0 Å². The smallest absolute Gasteiger partial charge is 0.307 e. The normalized spacial score (nSPS) is 13.5. The zero-order valence-corrected chi connectivity index (χ0v) is 34.4. The number of ether oxygens (including phenoxy) is 4. The standard InChI is InChI=1S/C42H56O7S2/c1-29-18-20-31(21-19-29)51(43,44)49-50(32-17-15-16-30(2)26-32,33-22-24-35(45-39(3,4)5)37(27-33)47-41(9,10)11)34-23-25-36(46-40(6,7)8)38(28-34)48-42(12,13)14/h15-28H,1-14H3. The quantitative estimate of drug-likeness (QED) is 0.160. The van der Waals surface area contributed by atoms with Gasteiger partial charge in [0.25, 0.3) is 0 Å². The van der Waals surface area contributed by atoms with Gasteiger partial charge >= 0.3 is 10.1 Å². The molecule has 278 valence electrons.